The van der Waals surface area contributed by atoms with Crippen LogP contribution in [0.1, 0.15) is 5.56 Å². The summed E-state index contributed by atoms with van der Waals surface area (Å²) in [6, 6.07) is 26.0. The lowest BCUT2D eigenvalue weighted by Gasteiger charge is -2.04. The Morgan fingerprint density at radius 2 is 1.71 bits per heavy atom. The highest BCUT2D eigenvalue weighted by atomic mass is 15.0. The highest BCUT2D eigenvalue weighted by Gasteiger charge is 2.12. The lowest BCUT2D eigenvalue weighted by molar-refractivity contribution is 1.13. The first kappa shape index (κ1) is 14.1. The van der Waals surface area contributed by atoms with E-state index in [0.29, 0.717) is 5.56 Å². The van der Waals surface area contributed by atoms with Crippen LogP contribution in [0.4, 0.5) is 5.69 Å². The minimum Gasteiger partial charge on any atom is -0.399 e. The Morgan fingerprint density at radius 1 is 0.875 bits per heavy atom. The van der Waals surface area contributed by atoms with Gasteiger partial charge in [-0.1, -0.05) is 30.3 Å². The smallest absolute Gasteiger partial charge is 0.0991 e. The van der Waals surface area contributed by atoms with E-state index in [1.165, 1.54) is 0 Å². The summed E-state index contributed by atoms with van der Waals surface area (Å²) in [5, 5.41) is 10.3. The molecule has 0 aliphatic heterocycles. The molecule has 3 aromatic carbocycles. The fourth-order valence-electron chi connectivity index (χ4n) is 3.04. The summed E-state index contributed by atoms with van der Waals surface area (Å²) in [5.41, 5.74) is 11.6. The van der Waals surface area contributed by atoms with Gasteiger partial charge in [-0.25, -0.2) is 0 Å². The molecule has 4 rings (SSSR count). The average Bonchev–Trinajstić information content (AvgIpc) is 3.01. The number of para-hydroxylation sites is 1. The second-order valence-corrected chi connectivity index (χ2v) is 5.72. The van der Waals surface area contributed by atoms with Crippen molar-refractivity contribution in [1.29, 1.82) is 5.26 Å². The van der Waals surface area contributed by atoms with Crippen molar-refractivity contribution >= 4 is 16.6 Å². The predicted octanol–water partition coefficient (Wildman–Crippen LogP) is 4.75. The molecule has 1 heterocycles. The molecule has 0 aliphatic rings. The monoisotopic (exact) mass is 309 g/mol. The normalized spacial score (nSPS) is 10.6. The second-order valence-electron chi connectivity index (χ2n) is 5.72. The van der Waals surface area contributed by atoms with Gasteiger partial charge >= 0.3 is 0 Å². The van der Waals surface area contributed by atoms with Gasteiger partial charge in [-0.3, -0.25) is 0 Å². The standard InChI is InChI=1S/C21H15N3/c22-13-15-9-10-21-19(11-15)20(16-5-4-6-17(23)12-16)14-24(21)18-7-2-1-3-8-18/h1-12,14H,23H2. The highest BCUT2D eigenvalue weighted by Crippen LogP contribution is 2.34. The number of anilines is 1. The fourth-order valence-corrected chi connectivity index (χ4v) is 3.04. The Balaban J connectivity index is 2.04. The van der Waals surface area contributed by atoms with Gasteiger partial charge in [0.25, 0.3) is 0 Å². The van der Waals surface area contributed by atoms with Gasteiger partial charge in [0, 0.05) is 28.5 Å². The van der Waals surface area contributed by atoms with Gasteiger partial charge in [0.1, 0.15) is 0 Å². The Hall–Kier alpha value is -3.51. The minimum absolute atomic E-state index is 0.651. The number of hydrogen-bond acceptors (Lipinski definition) is 2. The predicted molar refractivity (Wildman–Crippen MR) is 97.8 cm³/mol. The lowest BCUT2D eigenvalue weighted by atomic mass is 10.0. The highest BCUT2D eigenvalue weighted by molar-refractivity contribution is 5.98. The van der Waals surface area contributed by atoms with Crippen LogP contribution in [-0.4, -0.2) is 4.57 Å². The van der Waals surface area contributed by atoms with Gasteiger partial charge in [-0.2, -0.15) is 5.26 Å². The number of fused-ring (bicyclic) bond motifs is 1. The van der Waals surface area contributed by atoms with Crippen LogP contribution in [0, 0.1) is 11.3 Å². The third kappa shape index (κ3) is 2.31. The van der Waals surface area contributed by atoms with Crippen LogP contribution in [0.5, 0.6) is 0 Å². The molecule has 0 aliphatic carbocycles. The van der Waals surface area contributed by atoms with Crippen molar-refractivity contribution in [2.24, 2.45) is 0 Å². The maximum absolute atomic E-state index is 9.25. The van der Waals surface area contributed by atoms with E-state index in [9.17, 15) is 5.26 Å². The second kappa shape index (κ2) is 5.60. The number of benzene rings is 3. The molecule has 0 unspecified atom stereocenters. The molecular formula is C21H15N3. The Kier molecular flexibility index (Phi) is 3.29. The van der Waals surface area contributed by atoms with Gasteiger partial charge < -0.3 is 10.3 Å². The Labute approximate surface area is 140 Å². The fraction of sp³-hybridized carbons (Fsp3) is 0. The Bertz CT molecular complexity index is 1070. The molecule has 0 bridgehead atoms. The van der Waals surface area contributed by atoms with Crippen molar-refractivity contribution in [1.82, 2.24) is 4.57 Å². The van der Waals surface area contributed by atoms with Crippen LogP contribution in [0.25, 0.3) is 27.7 Å². The third-order valence-electron chi connectivity index (χ3n) is 4.17. The van der Waals surface area contributed by atoms with Crippen molar-refractivity contribution in [3.63, 3.8) is 0 Å². The van der Waals surface area contributed by atoms with Gasteiger partial charge in [-0.05, 0) is 48.0 Å². The van der Waals surface area contributed by atoms with E-state index >= 15 is 0 Å². The van der Waals surface area contributed by atoms with Gasteiger partial charge in [0.05, 0.1) is 17.1 Å². The zero-order valence-electron chi connectivity index (χ0n) is 13.0. The lowest BCUT2D eigenvalue weighted by Crippen LogP contribution is -1.90. The summed E-state index contributed by atoms with van der Waals surface area (Å²) >= 11 is 0. The molecule has 0 fully saturated rings. The Morgan fingerprint density at radius 3 is 2.46 bits per heavy atom. The van der Waals surface area contributed by atoms with Crippen molar-refractivity contribution < 1.29 is 0 Å². The van der Waals surface area contributed by atoms with Crippen molar-refractivity contribution in [3.8, 4) is 22.9 Å². The summed E-state index contributed by atoms with van der Waals surface area (Å²) in [7, 11) is 0. The average molecular weight is 309 g/mol. The maximum Gasteiger partial charge on any atom is 0.0991 e. The van der Waals surface area contributed by atoms with Gasteiger partial charge in [0.15, 0.2) is 0 Å². The first-order valence-electron chi connectivity index (χ1n) is 7.73. The number of nitrogen functional groups attached to an aromatic ring is 1. The van der Waals surface area contributed by atoms with E-state index in [1.54, 1.807) is 0 Å². The molecule has 0 saturated carbocycles. The van der Waals surface area contributed by atoms with Crippen LogP contribution < -0.4 is 5.73 Å². The zero-order chi connectivity index (χ0) is 16.5. The number of aromatic nitrogens is 1. The number of nitrogens with zero attached hydrogens (tertiary/aromatic N) is 2. The maximum atomic E-state index is 9.25. The minimum atomic E-state index is 0.651. The molecule has 3 nitrogen and oxygen atoms in total. The third-order valence-corrected chi connectivity index (χ3v) is 4.17. The molecule has 4 aromatic rings. The quantitative estimate of drug-likeness (QED) is 0.543. The zero-order valence-corrected chi connectivity index (χ0v) is 13.0. The number of hydrogen-bond donors (Lipinski definition) is 1. The van der Waals surface area contributed by atoms with E-state index in [-0.39, 0.29) is 0 Å². The molecule has 0 atom stereocenters. The van der Waals surface area contributed by atoms with Crippen molar-refractivity contribution in [2.45, 2.75) is 0 Å². The summed E-state index contributed by atoms with van der Waals surface area (Å²) in [4.78, 5) is 0. The van der Waals surface area contributed by atoms with Crippen LogP contribution >= 0.6 is 0 Å². The molecule has 0 amide bonds. The van der Waals surface area contributed by atoms with Gasteiger partial charge in [-0.15, -0.1) is 0 Å². The molecule has 3 heteroatoms. The van der Waals surface area contributed by atoms with Gasteiger partial charge in [0.2, 0.25) is 0 Å². The summed E-state index contributed by atoms with van der Waals surface area (Å²) < 4.78 is 2.15. The van der Waals surface area contributed by atoms with E-state index in [0.717, 1.165) is 33.4 Å². The molecular weight excluding hydrogens is 294 g/mol. The number of rotatable bonds is 2. The molecule has 2 N–H and O–H groups in total. The summed E-state index contributed by atoms with van der Waals surface area (Å²) in [6.07, 6.45) is 2.11. The van der Waals surface area contributed by atoms with Crippen LogP contribution in [0.2, 0.25) is 0 Å². The van der Waals surface area contributed by atoms with Crippen LogP contribution in [-0.2, 0) is 0 Å². The molecule has 0 saturated heterocycles. The first-order chi connectivity index (χ1) is 11.8. The molecule has 0 spiro atoms. The van der Waals surface area contributed by atoms with Crippen molar-refractivity contribution in [3.05, 3.63) is 84.6 Å². The molecule has 24 heavy (non-hydrogen) atoms. The van der Waals surface area contributed by atoms with E-state index in [4.69, 9.17) is 5.73 Å². The molecule has 1 aromatic heterocycles. The molecule has 0 radical (unpaired) electrons. The van der Waals surface area contributed by atoms with Crippen molar-refractivity contribution in [2.75, 3.05) is 5.73 Å². The first-order valence-corrected chi connectivity index (χ1v) is 7.73. The van der Waals surface area contributed by atoms with E-state index < -0.39 is 0 Å². The number of nitrogens with two attached hydrogens (primary N) is 1. The summed E-state index contributed by atoms with van der Waals surface area (Å²) in [6.45, 7) is 0. The van der Waals surface area contributed by atoms with E-state index in [2.05, 4.69) is 29.0 Å². The topological polar surface area (TPSA) is 54.7 Å². The number of nitriles is 1. The SMILES string of the molecule is N#Cc1ccc2c(c1)c(-c1cccc(N)c1)cn2-c1ccccc1. The molecule has 114 valence electrons. The largest absolute Gasteiger partial charge is 0.399 e. The van der Waals surface area contributed by atoms with Crippen LogP contribution in [0.3, 0.4) is 0 Å². The summed E-state index contributed by atoms with van der Waals surface area (Å²) in [5.74, 6) is 0. The van der Waals surface area contributed by atoms with Crippen LogP contribution in [0.15, 0.2) is 79.0 Å². The van der Waals surface area contributed by atoms with E-state index in [1.807, 2.05) is 60.7 Å².